The maximum absolute atomic E-state index is 11.2. The molecule has 1 aliphatic heterocycles. The number of fused-ring (bicyclic) bond motifs is 2. The van der Waals surface area contributed by atoms with Crippen LogP contribution in [0, 0.1) is 6.92 Å². The molecule has 1 aliphatic rings. The van der Waals surface area contributed by atoms with E-state index < -0.39 is 5.97 Å². The van der Waals surface area contributed by atoms with Gasteiger partial charge in [-0.05, 0) is 37.2 Å². The number of rotatable bonds is 2. The Labute approximate surface area is 118 Å². The van der Waals surface area contributed by atoms with E-state index in [1.54, 1.807) is 0 Å². The third-order valence-electron chi connectivity index (χ3n) is 3.93. The largest absolute Gasteiger partial charge is 0.481 e. The van der Waals surface area contributed by atoms with Gasteiger partial charge in [0.2, 0.25) is 0 Å². The summed E-state index contributed by atoms with van der Waals surface area (Å²) in [5, 5.41) is 10.2. The summed E-state index contributed by atoms with van der Waals surface area (Å²) in [6.45, 7) is 3.79. The highest BCUT2D eigenvalue weighted by Gasteiger charge is 2.21. The molecule has 2 aromatic rings. The van der Waals surface area contributed by atoms with Crippen molar-refractivity contribution in [3.8, 4) is 0 Å². The second-order valence-electron chi connectivity index (χ2n) is 5.59. The van der Waals surface area contributed by atoms with E-state index in [-0.39, 0.29) is 6.42 Å². The molecule has 0 fully saturated rings. The van der Waals surface area contributed by atoms with Crippen molar-refractivity contribution in [2.45, 2.75) is 26.3 Å². The molecule has 1 aromatic heterocycles. The van der Waals surface area contributed by atoms with Gasteiger partial charge in [0.1, 0.15) is 0 Å². The van der Waals surface area contributed by atoms with Gasteiger partial charge in [-0.15, -0.1) is 0 Å². The number of aryl methyl sites for hydroxylation is 1. The first-order valence-corrected chi connectivity index (χ1v) is 6.86. The van der Waals surface area contributed by atoms with Crippen LogP contribution in [0.5, 0.6) is 0 Å². The topological polar surface area (TPSA) is 53.4 Å². The number of nitrogens with zero attached hydrogens (tertiary/aromatic N) is 2. The van der Waals surface area contributed by atoms with E-state index in [2.05, 4.69) is 18.0 Å². The fourth-order valence-electron chi connectivity index (χ4n) is 2.93. The molecule has 3 rings (SSSR count). The lowest BCUT2D eigenvalue weighted by atomic mass is 9.93. The number of likely N-dealkylation sites (N-methyl/N-ethyl adjacent to an activating group) is 1. The Bertz CT molecular complexity index is 694. The number of carboxylic acids is 1. The van der Waals surface area contributed by atoms with Crippen molar-refractivity contribution >= 4 is 16.9 Å². The van der Waals surface area contributed by atoms with Gasteiger partial charge >= 0.3 is 5.97 Å². The predicted octanol–water partition coefficient (Wildman–Crippen LogP) is 2.16. The monoisotopic (exact) mass is 270 g/mol. The maximum Gasteiger partial charge on any atom is 0.307 e. The van der Waals surface area contributed by atoms with Crippen LogP contribution in [-0.4, -0.2) is 34.6 Å². The summed E-state index contributed by atoms with van der Waals surface area (Å²) in [6, 6.07) is 6.07. The number of aromatic nitrogens is 1. The standard InChI is InChI=1S/C16H18N2O2/c1-10-3-4-14-12(7-10)11(8-16(19)20)13-9-18(2)6-5-15(13)17-14/h3-4,7H,5-6,8-9H2,1-2H3,(H,19,20). The molecule has 0 radical (unpaired) electrons. The molecule has 20 heavy (non-hydrogen) atoms. The molecule has 4 nitrogen and oxygen atoms in total. The van der Waals surface area contributed by atoms with Crippen LogP contribution in [0.25, 0.3) is 10.9 Å². The average molecular weight is 270 g/mol. The van der Waals surface area contributed by atoms with Crippen LogP contribution in [-0.2, 0) is 24.2 Å². The zero-order valence-electron chi connectivity index (χ0n) is 11.8. The van der Waals surface area contributed by atoms with Gasteiger partial charge in [0.15, 0.2) is 0 Å². The van der Waals surface area contributed by atoms with Gasteiger partial charge in [-0.2, -0.15) is 0 Å². The zero-order valence-corrected chi connectivity index (χ0v) is 11.8. The highest BCUT2D eigenvalue weighted by Crippen LogP contribution is 2.28. The Kier molecular flexibility index (Phi) is 3.18. The average Bonchev–Trinajstić information content (AvgIpc) is 2.39. The van der Waals surface area contributed by atoms with Crippen molar-refractivity contribution in [1.82, 2.24) is 9.88 Å². The van der Waals surface area contributed by atoms with Gasteiger partial charge in [-0.1, -0.05) is 11.6 Å². The smallest absolute Gasteiger partial charge is 0.307 e. The molecule has 4 heteroatoms. The molecule has 0 bridgehead atoms. The van der Waals surface area contributed by atoms with Crippen molar-refractivity contribution in [1.29, 1.82) is 0 Å². The van der Waals surface area contributed by atoms with E-state index in [9.17, 15) is 9.90 Å². The molecule has 104 valence electrons. The first-order chi connectivity index (χ1) is 9.54. The molecule has 1 N–H and O–H groups in total. The van der Waals surface area contributed by atoms with Crippen LogP contribution in [0.4, 0.5) is 0 Å². The van der Waals surface area contributed by atoms with Crippen LogP contribution in [0.3, 0.4) is 0 Å². The summed E-state index contributed by atoms with van der Waals surface area (Å²) in [5.41, 5.74) is 5.16. The van der Waals surface area contributed by atoms with Crippen molar-refractivity contribution in [2.75, 3.05) is 13.6 Å². The molecule has 0 saturated carbocycles. The predicted molar refractivity (Wildman–Crippen MR) is 77.9 cm³/mol. The van der Waals surface area contributed by atoms with Gasteiger partial charge in [0.05, 0.1) is 11.9 Å². The number of pyridine rings is 1. The van der Waals surface area contributed by atoms with Crippen molar-refractivity contribution in [3.63, 3.8) is 0 Å². The summed E-state index contributed by atoms with van der Waals surface area (Å²) >= 11 is 0. The lowest BCUT2D eigenvalue weighted by Gasteiger charge is -2.27. The van der Waals surface area contributed by atoms with Gasteiger partial charge in [0, 0.05) is 30.6 Å². The Morgan fingerprint density at radius 2 is 2.25 bits per heavy atom. The minimum atomic E-state index is -0.783. The molecule has 1 aromatic carbocycles. The summed E-state index contributed by atoms with van der Waals surface area (Å²) in [4.78, 5) is 18.2. The number of benzene rings is 1. The summed E-state index contributed by atoms with van der Waals surface area (Å²) in [6.07, 6.45) is 0.959. The molecule has 0 atom stereocenters. The first kappa shape index (κ1) is 13.1. The SMILES string of the molecule is Cc1ccc2nc3c(c(CC(=O)O)c2c1)CN(C)CC3. The first-order valence-electron chi connectivity index (χ1n) is 6.86. The fourth-order valence-corrected chi connectivity index (χ4v) is 2.93. The summed E-state index contributed by atoms with van der Waals surface area (Å²) in [7, 11) is 2.06. The van der Waals surface area contributed by atoms with E-state index in [1.165, 1.54) is 0 Å². The van der Waals surface area contributed by atoms with E-state index in [0.29, 0.717) is 0 Å². The summed E-state index contributed by atoms with van der Waals surface area (Å²) in [5.74, 6) is -0.783. The normalized spacial score (nSPS) is 15.3. The fraction of sp³-hybridized carbons (Fsp3) is 0.375. The van der Waals surface area contributed by atoms with Crippen molar-refractivity contribution in [2.24, 2.45) is 0 Å². The Morgan fingerprint density at radius 3 is 3.00 bits per heavy atom. The van der Waals surface area contributed by atoms with Gasteiger partial charge in [-0.25, -0.2) is 0 Å². The van der Waals surface area contributed by atoms with Crippen LogP contribution in [0.2, 0.25) is 0 Å². The van der Waals surface area contributed by atoms with Crippen molar-refractivity contribution in [3.05, 3.63) is 40.6 Å². The van der Waals surface area contributed by atoms with E-state index in [4.69, 9.17) is 4.98 Å². The molecule has 2 heterocycles. The van der Waals surface area contributed by atoms with Gasteiger partial charge in [-0.3, -0.25) is 9.78 Å². The molecular weight excluding hydrogens is 252 g/mol. The van der Waals surface area contributed by atoms with E-state index in [1.807, 2.05) is 19.1 Å². The zero-order chi connectivity index (χ0) is 14.3. The lowest BCUT2D eigenvalue weighted by Crippen LogP contribution is -2.29. The molecule has 0 aliphatic carbocycles. The molecular formula is C16H18N2O2. The van der Waals surface area contributed by atoms with Gasteiger partial charge in [0.25, 0.3) is 0 Å². The number of carbonyl (C=O) groups is 1. The van der Waals surface area contributed by atoms with Gasteiger partial charge < -0.3 is 10.0 Å². The molecule has 0 amide bonds. The number of carboxylic acid groups (broad SMARTS) is 1. The second-order valence-corrected chi connectivity index (χ2v) is 5.59. The molecule has 0 spiro atoms. The number of aliphatic carboxylic acids is 1. The van der Waals surface area contributed by atoms with Crippen LogP contribution >= 0.6 is 0 Å². The third kappa shape index (κ3) is 2.27. The van der Waals surface area contributed by atoms with Crippen LogP contribution < -0.4 is 0 Å². The number of hydrogen-bond acceptors (Lipinski definition) is 3. The maximum atomic E-state index is 11.2. The second kappa shape index (κ2) is 4.87. The number of hydrogen-bond donors (Lipinski definition) is 1. The Balaban J connectivity index is 2.28. The lowest BCUT2D eigenvalue weighted by molar-refractivity contribution is -0.136. The molecule has 0 saturated heterocycles. The minimum absolute atomic E-state index is 0.0681. The quantitative estimate of drug-likeness (QED) is 0.908. The third-order valence-corrected chi connectivity index (χ3v) is 3.93. The van der Waals surface area contributed by atoms with Crippen LogP contribution in [0.15, 0.2) is 18.2 Å². The molecule has 0 unspecified atom stereocenters. The van der Waals surface area contributed by atoms with E-state index >= 15 is 0 Å². The Hall–Kier alpha value is -1.94. The van der Waals surface area contributed by atoms with Crippen molar-refractivity contribution < 1.29 is 9.90 Å². The van der Waals surface area contributed by atoms with Crippen LogP contribution in [0.1, 0.15) is 22.4 Å². The summed E-state index contributed by atoms with van der Waals surface area (Å²) < 4.78 is 0. The highest BCUT2D eigenvalue weighted by atomic mass is 16.4. The Morgan fingerprint density at radius 1 is 1.45 bits per heavy atom. The highest BCUT2D eigenvalue weighted by molar-refractivity contribution is 5.88. The minimum Gasteiger partial charge on any atom is -0.481 e. The van der Waals surface area contributed by atoms with E-state index in [0.717, 1.165) is 52.8 Å².